The number of thiocarbonyl (C=S) groups is 1. The van der Waals surface area contributed by atoms with Crippen molar-refractivity contribution in [3.05, 3.63) is 46.7 Å². The van der Waals surface area contributed by atoms with Gasteiger partial charge in [0.15, 0.2) is 16.7 Å². The molecule has 0 bridgehead atoms. The van der Waals surface area contributed by atoms with Crippen LogP contribution in [-0.2, 0) is 14.3 Å². The van der Waals surface area contributed by atoms with E-state index in [2.05, 4.69) is 5.32 Å². The second-order valence-corrected chi connectivity index (χ2v) is 5.81. The summed E-state index contributed by atoms with van der Waals surface area (Å²) in [5, 5.41) is 3.42. The molecule has 2 rings (SSSR count). The maximum Gasteiger partial charge on any atom is 0.338 e. The first-order valence-corrected chi connectivity index (χ1v) is 8.21. The molecule has 0 saturated carbocycles. The van der Waals surface area contributed by atoms with Crippen molar-refractivity contribution in [3.8, 4) is 0 Å². The highest BCUT2D eigenvalue weighted by atomic mass is 32.1. The summed E-state index contributed by atoms with van der Waals surface area (Å²) in [4.78, 5) is 14.3. The number of carbonyl (C=O) groups excluding carboxylic acids is 1. The van der Waals surface area contributed by atoms with Crippen LogP contribution in [-0.4, -0.2) is 42.8 Å². The molecule has 0 unspecified atom stereocenters. The number of hydrogen-bond donors (Lipinski definition) is 1. The molecule has 136 valence electrons. The lowest BCUT2D eigenvalue weighted by Crippen LogP contribution is -2.47. The van der Waals surface area contributed by atoms with Crippen molar-refractivity contribution >= 4 is 23.3 Å². The minimum atomic E-state index is -0.993. The lowest BCUT2D eigenvalue weighted by atomic mass is 9.95. The molecular weight excluding hydrogens is 350 g/mol. The molecule has 1 heterocycles. The van der Waals surface area contributed by atoms with E-state index in [1.165, 1.54) is 13.2 Å². The van der Waals surface area contributed by atoms with Crippen molar-refractivity contribution in [2.75, 3.05) is 26.9 Å². The molecule has 0 amide bonds. The van der Waals surface area contributed by atoms with E-state index in [1.54, 1.807) is 11.8 Å². The van der Waals surface area contributed by atoms with Gasteiger partial charge in [0.2, 0.25) is 0 Å². The van der Waals surface area contributed by atoms with Crippen LogP contribution >= 0.6 is 12.2 Å². The van der Waals surface area contributed by atoms with Crippen LogP contribution in [0.1, 0.15) is 25.5 Å². The molecule has 0 aliphatic carbocycles. The van der Waals surface area contributed by atoms with Gasteiger partial charge >= 0.3 is 5.97 Å². The number of carbonyl (C=O) groups is 1. The maximum atomic E-state index is 13.7. The molecule has 1 N–H and O–H groups in total. The van der Waals surface area contributed by atoms with E-state index in [0.29, 0.717) is 28.5 Å². The SMILES string of the molecule is CCN1C(=S)N[C@H](c2ccc(F)c(F)c2)C(C(=O)OCCOC)=C1C. The normalized spacial score (nSPS) is 17.6. The summed E-state index contributed by atoms with van der Waals surface area (Å²) in [6.45, 7) is 4.54. The van der Waals surface area contributed by atoms with E-state index in [-0.39, 0.29) is 13.2 Å². The lowest BCUT2D eigenvalue weighted by molar-refractivity contribution is -0.140. The Labute approximate surface area is 150 Å². The first-order chi connectivity index (χ1) is 11.9. The fourth-order valence-corrected chi connectivity index (χ4v) is 3.05. The van der Waals surface area contributed by atoms with Crippen LogP contribution < -0.4 is 5.32 Å². The Morgan fingerprint density at radius 3 is 2.64 bits per heavy atom. The highest BCUT2D eigenvalue weighted by molar-refractivity contribution is 7.80. The third kappa shape index (κ3) is 4.13. The fraction of sp³-hybridized carbons (Fsp3) is 0.412. The molecule has 0 saturated heterocycles. The van der Waals surface area contributed by atoms with Gasteiger partial charge in [-0.05, 0) is 43.8 Å². The maximum absolute atomic E-state index is 13.7. The minimum absolute atomic E-state index is 0.0905. The zero-order chi connectivity index (χ0) is 18.6. The molecule has 0 aromatic heterocycles. The number of hydrogen-bond acceptors (Lipinski definition) is 4. The summed E-state index contributed by atoms with van der Waals surface area (Å²) in [5.74, 6) is -2.51. The van der Waals surface area contributed by atoms with Crippen molar-refractivity contribution in [2.45, 2.75) is 19.9 Å². The van der Waals surface area contributed by atoms with Crippen molar-refractivity contribution in [1.82, 2.24) is 10.2 Å². The Balaban J connectivity index is 2.44. The number of halogens is 2. The third-order valence-corrected chi connectivity index (χ3v) is 4.27. The molecular formula is C17H20F2N2O3S. The van der Waals surface area contributed by atoms with Crippen LogP contribution in [0.4, 0.5) is 8.78 Å². The van der Waals surface area contributed by atoms with Gasteiger partial charge in [-0.3, -0.25) is 0 Å². The molecule has 0 spiro atoms. The van der Waals surface area contributed by atoms with Gasteiger partial charge in [-0.15, -0.1) is 0 Å². The Hall–Kier alpha value is -2.06. The molecule has 0 fully saturated rings. The van der Waals surface area contributed by atoms with Gasteiger partial charge in [-0.25, -0.2) is 13.6 Å². The summed E-state index contributed by atoms with van der Waals surface area (Å²) in [5.41, 5.74) is 1.30. The number of rotatable bonds is 6. The first-order valence-electron chi connectivity index (χ1n) is 7.80. The number of ether oxygens (including phenoxy) is 2. The lowest BCUT2D eigenvalue weighted by Gasteiger charge is -2.37. The molecule has 1 aliphatic heterocycles. The number of benzene rings is 1. The van der Waals surface area contributed by atoms with Gasteiger partial charge < -0.3 is 19.7 Å². The van der Waals surface area contributed by atoms with Crippen LogP contribution in [0.5, 0.6) is 0 Å². The summed E-state index contributed by atoms with van der Waals surface area (Å²) < 4.78 is 37.0. The van der Waals surface area contributed by atoms with E-state index in [9.17, 15) is 13.6 Å². The second-order valence-electron chi connectivity index (χ2n) is 5.43. The monoisotopic (exact) mass is 370 g/mol. The van der Waals surface area contributed by atoms with Crippen LogP contribution in [0.2, 0.25) is 0 Å². The minimum Gasteiger partial charge on any atom is -0.460 e. The zero-order valence-electron chi connectivity index (χ0n) is 14.3. The van der Waals surface area contributed by atoms with Gasteiger partial charge in [0.25, 0.3) is 0 Å². The third-order valence-electron chi connectivity index (χ3n) is 3.93. The Kier molecular flexibility index (Phi) is 6.44. The molecule has 1 atom stereocenters. The number of esters is 1. The van der Waals surface area contributed by atoms with Crippen LogP contribution in [0.3, 0.4) is 0 Å². The highest BCUT2D eigenvalue weighted by Gasteiger charge is 2.34. The Morgan fingerprint density at radius 1 is 1.32 bits per heavy atom. The topological polar surface area (TPSA) is 50.8 Å². The Bertz CT molecular complexity index is 709. The molecule has 0 radical (unpaired) electrons. The average molecular weight is 370 g/mol. The zero-order valence-corrected chi connectivity index (χ0v) is 15.1. The molecule has 1 aliphatic rings. The van der Waals surface area contributed by atoms with E-state index in [1.807, 2.05) is 6.92 Å². The predicted molar refractivity (Wildman–Crippen MR) is 92.7 cm³/mol. The van der Waals surface area contributed by atoms with Crippen molar-refractivity contribution in [3.63, 3.8) is 0 Å². The molecule has 1 aromatic carbocycles. The van der Waals surface area contributed by atoms with Gasteiger partial charge in [0, 0.05) is 19.4 Å². The molecule has 25 heavy (non-hydrogen) atoms. The summed E-state index contributed by atoms with van der Waals surface area (Å²) in [6, 6.07) is 2.76. The summed E-state index contributed by atoms with van der Waals surface area (Å²) >= 11 is 5.33. The van der Waals surface area contributed by atoms with Crippen molar-refractivity contribution < 1.29 is 23.0 Å². The summed E-state index contributed by atoms with van der Waals surface area (Å²) in [7, 11) is 1.50. The van der Waals surface area contributed by atoms with E-state index in [0.717, 1.165) is 12.1 Å². The van der Waals surface area contributed by atoms with E-state index < -0.39 is 23.6 Å². The van der Waals surface area contributed by atoms with E-state index >= 15 is 0 Å². The average Bonchev–Trinajstić information content (AvgIpc) is 2.57. The fourth-order valence-electron chi connectivity index (χ4n) is 2.66. The van der Waals surface area contributed by atoms with Crippen molar-refractivity contribution in [2.24, 2.45) is 0 Å². The van der Waals surface area contributed by atoms with E-state index in [4.69, 9.17) is 21.7 Å². The van der Waals surface area contributed by atoms with Crippen LogP contribution in [0.15, 0.2) is 29.5 Å². The number of nitrogens with one attached hydrogen (secondary N) is 1. The number of allylic oxidation sites excluding steroid dienone is 1. The highest BCUT2D eigenvalue weighted by Crippen LogP contribution is 2.31. The first kappa shape index (κ1) is 19.3. The second kappa shape index (κ2) is 8.35. The largest absolute Gasteiger partial charge is 0.460 e. The van der Waals surface area contributed by atoms with Gasteiger partial charge in [-0.1, -0.05) is 6.07 Å². The van der Waals surface area contributed by atoms with Gasteiger partial charge in [0.05, 0.1) is 18.2 Å². The van der Waals surface area contributed by atoms with Crippen LogP contribution in [0, 0.1) is 11.6 Å². The smallest absolute Gasteiger partial charge is 0.338 e. The standard InChI is InChI=1S/C17H20F2N2O3S/c1-4-21-10(2)14(16(22)24-8-7-23-3)15(20-17(21)25)11-5-6-12(18)13(19)9-11/h5-6,9,15H,4,7-8H2,1-3H3,(H,20,25)/t15-/m1/s1. The van der Waals surface area contributed by atoms with Gasteiger partial charge in [-0.2, -0.15) is 0 Å². The number of methoxy groups -OCH3 is 1. The van der Waals surface area contributed by atoms with Crippen molar-refractivity contribution in [1.29, 1.82) is 0 Å². The molecule has 5 nitrogen and oxygen atoms in total. The molecule has 1 aromatic rings. The summed E-state index contributed by atoms with van der Waals surface area (Å²) in [6.07, 6.45) is 0. The molecule has 8 heteroatoms. The predicted octanol–water partition coefficient (Wildman–Crippen LogP) is 2.68. The van der Waals surface area contributed by atoms with Gasteiger partial charge in [0.1, 0.15) is 6.61 Å². The van der Waals surface area contributed by atoms with Crippen LogP contribution in [0.25, 0.3) is 0 Å². The number of nitrogens with zero attached hydrogens (tertiary/aromatic N) is 1. The Morgan fingerprint density at radius 2 is 2.04 bits per heavy atom. The quantitative estimate of drug-likeness (QED) is 0.472.